The van der Waals surface area contributed by atoms with Gasteiger partial charge in [-0.1, -0.05) is 26.0 Å². The van der Waals surface area contributed by atoms with Crippen molar-refractivity contribution in [1.29, 1.82) is 0 Å². The number of nitrogens with zero attached hydrogens (tertiary/aromatic N) is 3. The quantitative estimate of drug-likeness (QED) is 0.741. The molecule has 0 aliphatic rings. The predicted octanol–water partition coefficient (Wildman–Crippen LogP) is 3.08. The molecule has 0 aliphatic heterocycles. The lowest BCUT2D eigenvalue weighted by Crippen LogP contribution is -2.46. The molecule has 4 nitrogen and oxygen atoms in total. The Hall–Kier alpha value is -1.55. The van der Waals surface area contributed by atoms with Crippen LogP contribution < -0.4 is 4.90 Å². The number of carbonyl (C=O) groups excluding carboxylic acids is 1. The highest BCUT2D eigenvalue weighted by Gasteiger charge is 2.18. The number of hydrogen-bond donors (Lipinski definition) is 0. The van der Waals surface area contributed by atoms with Crippen molar-refractivity contribution in [1.82, 2.24) is 4.90 Å². The molecule has 0 N–H and O–H groups in total. The van der Waals surface area contributed by atoms with E-state index in [2.05, 4.69) is 47.1 Å². The Balaban J connectivity index is 2.73. The number of carbonyl (C=O) groups is 1. The smallest absolute Gasteiger partial charge is 0.324 e. The topological polar surface area (TPSA) is 23.6 Å². The van der Waals surface area contributed by atoms with Gasteiger partial charge in [-0.05, 0) is 30.0 Å². The van der Waals surface area contributed by atoms with Crippen LogP contribution in [-0.2, 0) is 6.42 Å². The molecule has 1 rings (SSSR count). The van der Waals surface area contributed by atoms with E-state index in [1.807, 2.05) is 26.2 Å². The molecular weight excluding hydrogens is 274 g/mol. The van der Waals surface area contributed by atoms with Gasteiger partial charge in [-0.15, -0.1) is 0 Å². The van der Waals surface area contributed by atoms with Crippen LogP contribution in [0.2, 0.25) is 0 Å². The first-order valence-corrected chi connectivity index (χ1v) is 7.98. The van der Waals surface area contributed by atoms with E-state index in [4.69, 9.17) is 0 Å². The largest absolute Gasteiger partial charge is 0.329 e. The molecule has 0 fully saturated rings. The van der Waals surface area contributed by atoms with E-state index in [-0.39, 0.29) is 6.03 Å². The number of urea groups is 1. The maximum Gasteiger partial charge on any atom is 0.324 e. The third-order valence-electron chi connectivity index (χ3n) is 3.66. The highest BCUT2D eigenvalue weighted by atomic mass is 16.2. The molecule has 0 heterocycles. The van der Waals surface area contributed by atoms with Crippen LogP contribution in [0.25, 0.3) is 0 Å². The van der Waals surface area contributed by atoms with Crippen LogP contribution in [0.1, 0.15) is 19.4 Å². The molecule has 4 heteroatoms. The van der Waals surface area contributed by atoms with Gasteiger partial charge in [0, 0.05) is 19.8 Å². The Morgan fingerprint density at radius 1 is 1.18 bits per heavy atom. The monoisotopic (exact) mass is 306 g/mol. The molecule has 0 saturated carbocycles. The average molecular weight is 306 g/mol. The van der Waals surface area contributed by atoms with E-state index >= 15 is 0 Å². The SMILES string of the molecule is CC(C)Cc1cccc(N(C)C(=O)N(C)CC[N+](C)(C)C)c1. The fraction of sp³-hybridized carbons (Fsp3) is 0.611. The zero-order valence-corrected chi connectivity index (χ0v) is 15.3. The van der Waals surface area contributed by atoms with E-state index in [0.29, 0.717) is 5.92 Å². The summed E-state index contributed by atoms with van der Waals surface area (Å²) in [6.07, 6.45) is 1.03. The van der Waals surface area contributed by atoms with Crippen molar-refractivity contribution in [2.75, 3.05) is 53.2 Å². The van der Waals surface area contributed by atoms with Gasteiger partial charge < -0.3 is 9.38 Å². The molecular formula is C18H32N3O+. The first kappa shape index (κ1) is 18.5. The summed E-state index contributed by atoms with van der Waals surface area (Å²) in [6, 6.07) is 8.31. The van der Waals surface area contributed by atoms with Crippen LogP contribution in [0.4, 0.5) is 10.5 Å². The average Bonchev–Trinajstić information content (AvgIpc) is 2.42. The van der Waals surface area contributed by atoms with Crippen LogP contribution in [-0.4, -0.2) is 63.7 Å². The molecule has 124 valence electrons. The lowest BCUT2D eigenvalue weighted by molar-refractivity contribution is -0.869. The van der Waals surface area contributed by atoms with Crippen LogP contribution >= 0.6 is 0 Å². The molecule has 0 bridgehead atoms. The highest BCUT2D eigenvalue weighted by molar-refractivity contribution is 5.91. The van der Waals surface area contributed by atoms with Crippen molar-refractivity contribution < 1.29 is 9.28 Å². The Morgan fingerprint density at radius 3 is 2.36 bits per heavy atom. The molecule has 0 saturated heterocycles. The minimum absolute atomic E-state index is 0.0372. The van der Waals surface area contributed by atoms with Crippen molar-refractivity contribution in [2.24, 2.45) is 5.92 Å². The van der Waals surface area contributed by atoms with Crippen LogP contribution in [0.15, 0.2) is 24.3 Å². The van der Waals surface area contributed by atoms with Crippen molar-refractivity contribution in [3.63, 3.8) is 0 Å². The summed E-state index contributed by atoms with van der Waals surface area (Å²) in [7, 11) is 10.1. The molecule has 1 aromatic carbocycles. The molecule has 0 aliphatic carbocycles. The third-order valence-corrected chi connectivity index (χ3v) is 3.66. The van der Waals surface area contributed by atoms with Gasteiger partial charge in [0.25, 0.3) is 0 Å². The number of benzene rings is 1. The second kappa shape index (κ2) is 7.63. The molecule has 0 radical (unpaired) electrons. The number of likely N-dealkylation sites (N-methyl/N-ethyl adjacent to an activating group) is 2. The summed E-state index contributed by atoms with van der Waals surface area (Å²) in [6.45, 7) is 6.10. The summed E-state index contributed by atoms with van der Waals surface area (Å²) < 4.78 is 0.852. The molecule has 2 amide bonds. The lowest BCUT2D eigenvalue weighted by atomic mass is 10.0. The normalized spacial score (nSPS) is 11.6. The van der Waals surface area contributed by atoms with Gasteiger partial charge in [0.2, 0.25) is 0 Å². The van der Waals surface area contributed by atoms with Crippen molar-refractivity contribution >= 4 is 11.7 Å². The van der Waals surface area contributed by atoms with E-state index < -0.39 is 0 Å². The van der Waals surface area contributed by atoms with E-state index in [1.165, 1.54) is 5.56 Å². The molecule has 22 heavy (non-hydrogen) atoms. The molecule has 0 spiro atoms. The Kier molecular flexibility index (Phi) is 6.42. The van der Waals surface area contributed by atoms with E-state index in [9.17, 15) is 4.79 Å². The van der Waals surface area contributed by atoms with Gasteiger partial charge in [-0.2, -0.15) is 0 Å². The fourth-order valence-electron chi connectivity index (χ4n) is 2.28. The first-order chi connectivity index (χ1) is 10.1. The summed E-state index contributed by atoms with van der Waals surface area (Å²) in [5.41, 5.74) is 2.24. The highest BCUT2D eigenvalue weighted by Crippen LogP contribution is 2.18. The molecule has 0 unspecified atom stereocenters. The van der Waals surface area contributed by atoms with Gasteiger partial charge in [0.05, 0.1) is 34.2 Å². The second-order valence-electron chi connectivity index (χ2n) is 7.54. The maximum atomic E-state index is 12.5. The van der Waals surface area contributed by atoms with Crippen LogP contribution in [0.3, 0.4) is 0 Å². The van der Waals surface area contributed by atoms with E-state index in [0.717, 1.165) is 29.7 Å². The van der Waals surface area contributed by atoms with Crippen molar-refractivity contribution in [3.05, 3.63) is 29.8 Å². The predicted molar refractivity (Wildman–Crippen MR) is 94.3 cm³/mol. The van der Waals surface area contributed by atoms with Crippen LogP contribution in [0, 0.1) is 5.92 Å². The number of quaternary nitrogens is 1. The van der Waals surface area contributed by atoms with Crippen molar-refractivity contribution in [3.8, 4) is 0 Å². The summed E-state index contributed by atoms with van der Waals surface area (Å²) in [5, 5.41) is 0. The van der Waals surface area contributed by atoms with Gasteiger partial charge >= 0.3 is 6.03 Å². The minimum atomic E-state index is 0.0372. The van der Waals surface area contributed by atoms with Crippen molar-refractivity contribution in [2.45, 2.75) is 20.3 Å². The standard InChI is InChI=1S/C18H32N3O/c1-15(2)13-16-9-8-10-17(14-16)20(4)18(22)19(3)11-12-21(5,6)7/h8-10,14-15H,11-13H2,1-7H3/q+1. The zero-order valence-electron chi connectivity index (χ0n) is 15.3. The van der Waals surface area contributed by atoms with Gasteiger partial charge in [-0.3, -0.25) is 4.90 Å². The molecule has 0 aromatic heterocycles. The number of hydrogen-bond acceptors (Lipinski definition) is 1. The summed E-state index contributed by atoms with van der Waals surface area (Å²) >= 11 is 0. The molecule has 1 aromatic rings. The number of rotatable bonds is 6. The number of anilines is 1. The Labute approximate surface area is 135 Å². The fourth-order valence-corrected chi connectivity index (χ4v) is 2.28. The Bertz CT molecular complexity index is 491. The van der Waals surface area contributed by atoms with Gasteiger partial charge in [0.1, 0.15) is 0 Å². The van der Waals surface area contributed by atoms with Gasteiger partial charge in [-0.25, -0.2) is 4.79 Å². The third kappa shape index (κ3) is 6.06. The zero-order chi connectivity index (χ0) is 16.9. The second-order valence-corrected chi connectivity index (χ2v) is 7.54. The van der Waals surface area contributed by atoms with Gasteiger partial charge in [0.15, 0.2) is 0 Å². The summed E-state index contributed by atoms with van der Waals surface area (Å²) in [4.78, 5) is 16.1. The van der Waals surface area contributed by atoms with Crippen LogP contribution in [0.5, 0.6) is 0 Å². The van der Waals surface area contributed by atoms with E-state index in [1.54, 1.807) is 9.80 Å². The maximum absolute atomic E-state index is 12.5. The number of amides is 2. The molecule has 0 atom stereocenters. The lowest BCUT2D eigenvalue weighted by Gasteiger charge is -2.29. The minimum Gasteiger partial charge on any atom is -0.329 e. The first-order valence-electron chi connectivity index (χ1n) is 7.98. The Morgan fingerprint density at radius 2 is 1.82 bits per heavy atom. The summed E-state index contributed by atoms with van der Waals surface area (Å²) in [5.74, 6) is 0.614.